The van der Waals surface area contributed by atoms with Crippen LogP contribution in [0.15, 0.2) is 29.3 Å². The van der Waals surface area contributed by atoms with Gasteiger partial charge in [-0.2, -0.15) is 4.39 Å². The minimum absolute atomic E-state index is 0.252. The summed E-state index contributed by atoms with van der Waals surface area (Å²) in [7, 11) is -3.67. The molecule has 1 aromatic carbocycles. The lowest BCUT2D eigenvalue weighted by atomic mass is 9.84. The molecule has 2 aliphatic rings. The highest BCUT2D eigenvalue weighted by molar-refractivity contribution is 7.90. The Morgan fingerprint density at radius 1 is 1.14 bits per heavy atom. The molecule has 9 nitrogen and oxygen atoms in total. The molecule has 3 heterocycles. The molecular formula is C24H28F3N3O6S. The number of nitrogens with zero attached hydrogens (tertiary/aromatic N) is 2. The number of carbonyl (C=O) groups is 1. The van der Waals surface area contributed by atoms with Crippen LogP contribution in [0.2, 0.25) is 0 Å². The van der Waals surface area contributed by atoms with Gasteiger partial charge in [-0.15, -0.1) is 0 Å². The normalized spacial score (nSPS) is 21.9. The third-order valence-corrected chi connectivity index (χ3v) is 7.08. The zero-order valence-electron chi connectivity index (χ0n) is 20.8. The number of ether oxygens (including phenoxy) is 3. The number of amides is 1. The quantitative estimate of drug-likeness (QED) is 0.605. The van der Waals surface area contributed by atoms with Crippen LogP contribution in [-0.2, 0) is 19.3 Å². The maximum Gasteiger partial charge on any atom is 0.410 e. The molecule has 0 radical (unpaired) electrons. The van der Waals surface area contributed by atoms with Gasteiger partial charge < -0.3 is 24.4 Å². The molecule has 37 heavy (non-hydrogen) atoms. The number of aromatic nitrogens is 1. The molecule has 0 saturated carbocycles. The van der Waals surface area contributed by atoms with Crippen molar-refractivity contribution >= 4 is 27.3 Å². The SMILES string of the molecule is CC(C)(C)OC(=O)N1CC2COCC(C1)C2Oc1ncc(F)c(Nc2ccc(S(C)(=O)=O)cc2F)c1F. The molecule has 1 aromatic heterocycles. The largest absolute Gasteiger partial charge is 0.471 e. The third-order valence-electron chi connectivity index (χ3n) is 5.97. The van der Waals surface area contributed by atoms with Gasteiger partial charge in [0, 0.05) is 31.2 Å². The van der Waals surface area contributed by atoms with E-state index in [9.17, 15) is 22.0 Å². The molecule has 0 spiro atoms. The summed E-state index contributed by atoms with van der Waals surface area (Å²) in [6, 6.07) is 2.94. The van der Waals surface area contributed by atoms with Crippen molar-refractivity contribution in [3.8, 4) is 5.88 Å². The third kappa shape index (κ3) is 6.09. The van der Waals surface area contributed by atoms with Crippen LogP contribution >= 0.6 is 0 Å². The molecule has 0 aliphatic carbocycles. The predicted octanol–water partition coefficient (Wildman–Crippen LogP) is 3.91. The molecule has 2 aliphatic heterocycles. The summed E-state index contributed by atoms with van der Waals surface area (Å²) >= 11 is 0. The van der Waals surface area contributed by atoms with Crippen molar-refractivity contribution in [2.75, 3.05) is 37.9 Å². The minimum Gasteiger partial charge on any atom is -0.471 e. The van der Waals surface area contributed by atoms with E-state index in [4.69, 9.17) is 14.2 Å². The molecule has 2 atom stereocenters. The standard InChI is InChI=1S/C24H28F3N3O6S/c1-24(2,3)36-23(31)30-9-13-11-34-12-14(10-30)21(13)35-22-19(27)20(17(26)8-28-22)29-18-6-5-15(7-16(18)25)37(4,32)33/h5-8,13-14,21H,9-12H2,1-4H3,(H,28,29). The van der Waals surface area contributed by atoms with Gasteiger partial charge in [-0.3, -0.25) is 0 Å². The Hall–Kier alpha value is -3.06. The van der Waals surface area contributed by atoms with Gasteiger partial charge in [0.1, 0.15) is 23.2 Å². The van der Waals surface area contributed by atoms with E-state index in [1.54, 1.807) is 25.7 Å². The molecule has 13 heteroatoms. The molecule has 2 aromatic rings. The molecular weight excluding hydrogens is 515 g/mol. The lowest BCUT2D eigenvalue weighted by molar-refractivity contribution is -0.114. The van der Waals surface area contributed by atoms with E-state index in [1.165, 1.54) is 0 Å². The fourth-order valence-electron chi connectivity index (χ4n) is 4.30. The van der Waals surface area contributed by atoms with Crippen LogP contribution in [0, 0.1) is 29.3 Å². The highest BCUT2D eigenvalue weighted by atomic mass is 32.2. The Morgan fingerprint density at radius 2 is 1.78 bits per heavy atom. The number of pyridine rings is 1. The smallest absolute Gasteiger partial charge is 0.410 e. The number of piperidine rings is 1. The van der Waals surface area contributed by atoms with Gasteiger partial charge in [-0.25, -0.2) is 27.0 Å². The van der Waals surface area contributed by atoms with Crippen molar-refractivity contribution in [1.82, 2.24) is 9.88 Å². The second-order valence-electron chi connectivity index (χ2n) is 10.2. The number of hydrogen-bond donors (Lipinski definition) is 1. The number of sulfone groups is 1. The van der Waals surface area contributed by atoms with Crippen molar-refractivity contribution in [2.24, 2.45) is 11.8 Å². The summed E-state index contributed by atoms with van der Waals surface area (Å²) in [5.41, 5.74) is -1.70. The summed E-state index contributed by atoms with van der Waals surface area (Å²) in [4.78, 5) is 17.6. The number of carbonyl (C=O) groups excluding carboxylic acids is 1. The van der Waals surface area contributed by atoms with E-state index in [2.05, 4.69) is 10.3 Å². The van der Waals surface area contributed by atoms with Crippen molar-refractivity contribution in [3.63, 3.8) is 0 Å². The number of likely N-dealkylation sites (tertiary alicyclic amines) is 1. The average Bonchev–Trinajstić information content (AvgIpc) is 2.77. The van der Waals surface area contributed by atoms with Crippen LogP contribution in [0.4, 0.5) is 29.3 Å². The van der Waals surface area contributed by atoms with Crippen LogP contribution in [0.1, 0.15) is 20.8 Å². The fraction of sp³-hybridized carbons (Fsp3) is 0.500. The highest BCUT2D eigenvalue weighted by Gasteiger charge is 2.45. The number of anilines is 2. The van der Waals surface area contributed by atoms with Crippen LogP contribution in [-0.4, -0.2) is 68.7 Å². The number of fused-ring (bicyclic) bond motifs is 2. The molecule has 2 saturated heterocycles. The van der Waals surface area contributed by atoms with Gasteiger partial charge >= 0.3 is 6.09 Å². The summed E-state index contributed by atoms with van der Waals surface area (Å²) in [5, 5.41) is 2.33. The molecule has 2 fully saturated rings. The molecule has 2 bridgehead atoms. The summed E-state index contributed by atoms with van der Waals surface area (Å²) in [6.07, 6.45) is 0.618. The lowest BCUT2D eigenvalue weighted by Gasteiger charge is -2.46. The first kappa shape index (κ1) is 27.0. The Balaban J connectivity index is 1.54. The van der Waals surface area contributed by atoms with Gasteiger partial charge in [0.15, 0.2) is 15.7 Å². The molecule has 202 valence electrons. The average molecular weight is 544 g/mol. The van der Waals surface area contributed by atoms with Gasteiger partial charge in [0.25, 0.3) is 5.88 Å². The van der Waals surface area contributed by atoms with E-state index >= 15 is 4.39 Å². The number of rotatable bonds is 5. The summed E-state index contributed by atoms with van der Waals surface area (Å²) < 4.78 is 84.5. The summed E-state index contributed by atoms with van der Waals surface area (Å²) in [5.74, 6) is -4.42. The van der Waals surface area contributed by atoms with E-state index in [1.807, 2.05) is 0 Å². The number of nitrogens with one attached hydrogen (secondary N) is 1. The molecule has 4 rings (SSSR count). The van der Waals surface area contributed by atoms with Crippen LogP contribution < -0.4 is 10.1 Å². The van der Waals surface area contributed by atoms with Crippen molar-refractivity contribution in [2.45, 2.75) is 37.4 Å². The van der Waals surface area contributed by atoms with E-state index in [0.717, 1.165) is 30.7 Å². The number of benzene rings is 1. The second-order valence-corrected chi connectivity index (χ2v) is 12.2. The number of hydrogen-bond acceptors (Lipinski definition) is 8. The Kier molecular flexibility index (Phi) is 7.30. The van der Waals surface area contributed by atoms with Gasteiger partial charge in [-0.05, 0) is 39.0 Å². The Morgan fingerprint density at radius 3 is 2.35 bits per heavy atom. The van der Waals surface area contributed by atoms with Gasteiger partial charge in [0.2, 0.25) is 5.82 Å². The minimum atomic E-state index is -3.67. The van der Waals surface area contributed by atoms with E-state index in [-0.39, 0.29) is 48.7 Å². The first-order chi connectivity index (χ1) is 17.2. The van der Waals surface area contributed by atoms with Crippen LogP contribution in [0.3, 0.4) is 0 Å². The second kappa shape index (κ2) is 10.0. The molecule has 2 unspecified atom stereocenters. The zero-order valence-corrected chi connectivity index (χ0v) is 21.6. The van der Waals surface area contributed by atoms with Gasteiger partial charge in [-0.1, -0.05) is 0 Å². The van der Waals surface area contributed by atoms with Crippen molar-refractivity contribution < 1.29 is 40.6 Å². The van der Waals surface area contributed by atoms with Crippen LogP contribution in [0.25, 0.3) is 0 Å². The van der Waals surface area contributed by atoms with Crippen LogP contribution in [0.5, 0.6) is 5.88 Å². The number of halogens is 3. The molecule has 1 N–H and O–H groups in total. The maximum absolute atomic E-state index is 15.3. The van der Waals surface area contributed by atoms with E-state index < -0.39 is 56.7 Å². The lowest BCUT2D eigenvalue weighted by Crippen LogP contribution is -2.59. The molecule has 1 amide bonds. The zero-order chi connectivity index (χ0) is 27.1. The monoisotopic (exact) mass is 543 g/mol. The first-order valence-electron chi connectivity index (χ1n) is 11.6. The summed E-state index contributed by atoms with van der Waals surface area (Å²) in [6.45, 7) is 6.32. The maximum atomic E-state index is 15.3. The topological polar surface area (TPSA) is 107 Å². The Bertz CT molecular complexity index is 1290. The fourth-order valence-corrected chi connectivity index (χ4v) is 4.94. The van der Waals surface area contributed by atoms with Crippen molar-refractivity contribution in [1.29, 1.82) is 0 Å². The van der Waals surface area contributed by atoms with E-state index in [0.29, 0.717) is 0 Å². The van der Waals surface area contributed by atoms with Gasteiger partial charge in [0.05, 0.1) is 30.0 Å². The highest BCUT2D eigenvalue weighted by Crippen LogP contribution is 2.35. The predicted molar refractivity (Wildman–Crippen MR) is 127 cm³/mol. The Labute approximate surface area is 212 Å². The van der Waals surface area contributed by atoms with Crippen molar-refractivity contribution in [3.05, 3.63) is 41.8 Å². The first-order valence-corrected chi connectivity index (χ1v) is 13.4.